The Kier molecular flexibility index (Phi) is 4.84. The standard InChI is InChI=1S/C22H17IN2O/c23-20-11-4-3-9-19(20)22(26)25-21-13-12-16(14-24-21)18-10-5-7-15-6-1-2-8-17(15)18/h2-5,7-14H,1,6H2,(H,24,25,26). The number of amides is 1. The fraction of sp³-hybridized carbons (Fsp3) is 0.0909. The van der Waals surface area contributed by atoms with Gasteiger partial charge in [-0.2, -0.15) is 0 Å². The zero-order valence-electron chi connectivity index (χ0n) is 14.1. The summed E-state index contributed by atoms with van der Waals surface area (Å²) in [6, 6.07) is 17.8. The minimum Gasteiger partial charge on any atom is -0.307 e. The summed E-state index contributed by atoms with van der Waals surface area (Å²) in [6.07, 6.45) is 8.41. The first kappa shape index (κ1) is 17.0. The smallest absolute Gasteiger partial charge is 0.257 e. The summed E-state index contributed by atoms with van der Waals surface area (Å²) in [5, 5.41) is 2.87. The van der Waals surface area contributed by atoms with Crippen LogP contribution in [0.1, 0.15) is 27.9 Å². The summed E-state index contributed by atoms with van der Waals surface area (Å²) in [5.74, 6) is 0.411. The van der Waals surface area contributed by atoms with E-state index < -0.39 is 0 Å². The van der Waals surface area contributed by atoms with Gasteiger partial charge in [0.05, 0.1) is 5.56 Å². The van der Waals surface area contributed by atoms with E-state index in [1.54, 1.807) is 0 Å². The number of halogens is 1. The average molecular weight is 452 g/mol. The number of nitrogens with one attached hydrogen (secondary N) is 1. The minimum atomic E-state index is -0.143. The van der Waals surface area contributed by atoms with Crippen LogP contribution >= 0.6 is 22.6 Å². The van der Waals surface area contributed by atoms with Crippen LogP contribution in [0.4, 0.5) is 5.82 Å². The Morgan fingerprint density at radius 1 is 1.04 bits per heavy atom. The Morgan fingerprint density at radius 3 is 2.73 bits per heavy atom. The second-order valence-corrected chi connectivity index (χ2v) is 7.35. The fourth-order valence-corrected chi connectivity index (χ4v) is 3.81. The lowest BCUT2D eigenvalue weighted by Gasteiger charge is -2.15. The maximum atomic E-state index is 12.4. The van der Waals surface area contributed by atoms with Crippen molar-refractivity contribution in [3.8, 4) is 11.1 Å². The molecule has 26 heavy (non-hydrogen) atoms. The molecule has 128 valence electrons. The lowest BCUT2D eigenvalue weighted by atomic mass is 9.90. The van der Waals surface area contributed by atoms with Crippen LogP contribution in [-0.2, 0) is 6.42 Å². The highest BCUT2D eigenvalue weighted by molar-refractivity contribution is 14.1. The van der Waals surface area contributed by atoms with E-state index in [-0.39, 0.29) is 5.91 Å². The number of hydrogen-bond donors (Lipinski definition) is 1. The molecule has 0 saturated carbocycles. The van der Waals surface area contributed by atoms with Crippen molar-refractivity contribution in [1.82, 2.24) is 4.98 Å². The van der Waals surface area contributed by atoms with Gasteiger partial charge in [-0.25, -0.2) is 4.98 Å². The van der Waals surface area contributed by atoms with E-state index in [2.05, 4.69) is 63.2 Å². The van der Waals surface area contributed by atoms with Crippen LogP contribution in [0.3, 0.4) is 0 Å². The van der Waals surface area contributed by atoms with Crippen LogP contribution in [0.15, 0.2) is 66.9 Å². The number of nitrogens with zero attached hydrogens (tertiary/aromatic N) is 1. The van der Waals surface area contributed by atoms with Gasteiger partial charge in [-0.3, -0.25) is 4.79 Å². The van der Waals surface area contributed by atoms with Crippen molar-refractivity contribution in [2.24, 2.45) is 0 Å². The van der Waals surface area contributed by atoms with Gasteiger partial charge in [-0.05, 0) is 76.4 Å². The van der Waals surface area contributed by atoms with Gasteiger partial charge in [0.2, 0.25) is 0 Å². The van der Waals surface area contributed by atoms with Crippen molar-refractivity contribution < 1.29 is 4.79 Å². The van der Waals surface area contributed by atoms with E-state index in [1.165, 1.54) is 16.7 Å². The molecule has 4 rings (SSSR count). The molecule has 0 saturated heterocycles. The molecule has 2 aromatic carbocycles. The van der Waals surface area contributed by atoms with Gasteiger partial charge in [0, 0.05) is 15.3 Å². The highest BCUT2D eigenvalue weighted by Crippen LogP contribution is 2.30. The van der Waals surface area contributed by atoms with E-state index in [1.807, 2.05) is 42.6 Å². The molecule has 0 radical (unpaired) electrons. The van der Waals surface area contributed by atoms with Gasteiger partial charge in [-0.1, -0.05) is 42.5 Å². The highest BCUT2D eigenvalue weighted by atomic mass is 127. The molecular formula is C22H17IN2O. The summed E-state index contributed by atoms with van der Waals surface area (Å²) in [7, 11) is 0. The number of aromatic nitrogens is 1. The molecule has 3 aromatic rings. The molecule has 0 bridgehead atoms. The van der Waals surface area contributed by atoms with Gasteiger partial charge in [0.25, 0.3) is 5.91 Å². The number of anilines is 1. The molecular weight excluding hydrogens is 435 g/mol. The van der Waals surface area contributed by atoms with E-state index >= 15 is 0 Å². The zero-order valence-corrected chi connectivity index (χ0v) is 16.2. The quantitative estimate of drug-likeness (QED) is 0.529. The number of carbonyl (C=O) groups excluding carboxylic acids is 1. The molecule has 1 N–H and O–H groups in total. The lowest BCUT2D eigenvalue weighted by Crippen LogP contribution is -2.14. The van der Waals surface area contributed by atoms with Crippen LogP contribution in [0.2, 0.25) is 0 Å². The lowest BCUT2D eigenvalue weighted by molar-refractivity contribution is 0.102. The second kappa shape index (κ2) is 7.41. The number of fused-ring (bicyclic) bond motifs is 1. The summed E-state index contributed by atoms with van der Waals surface area (Å²) < 4.78 is 0.918. The summed E-state index contributed by atoms with van der Waals surface area (Å²) in [6.45, 7) is 0. The van der Waals surface area contributed by atoms with Crippen molar-refractivity contribution in [3.63, 3.8) is 0 Å². The average Bonchev–Trinajstić information content (AvgIpc) is 2.68. The van der Waals surface area contributed by atoms with E-state index in [4.69, 9.17) is 0 Å². The van der Waals surface area contributed by atoms with Gasteiger partial charge in [-0.15, -0.1) is 0 Å². The van der Waals surface area contributed by atoms with Gasteiger partial charge >= 0.3 is 0 Å². The monoisotopic (exact) mass is 452 g/mol. The van der Waals surface area contributed by atoms with Crippen LogP contribution in [0.5, 0.6) is 0 Å². The number of pyridine rings is 1. The molecule has 0 unspecified atom stereocenters. The molecule has 0 atom stereocenters. The Hall–Kier alpha value is -2.47. The molecule has 0 aliphatic heterocycles. The molecule has 3 nitrogen and oxygen atoms in total. The van der Waals surface area contributed by atoms with E-state index in [0.29, 0.717) is 11.4 Å². The van der Waals surface area contributed by atoms with Gasteiger partial charge < -0.3 is 5.32 Å². The Balaban J connectivity index is 1.58. The molecule has 0 fully saturated rings. The first-order valence-corrected chi connectivity index (χ1v) is 9.61. The third kappa shape index (κ3) is 3.42. The predicted octanol–water partition coefficient (Wildman–Crippen LogP) is 5.56. The van der Waals surface area contributed by atoms with Crippen molar-refractivity contribution in [3.05, 3.63) is 87.1 Å². The second-order valence-electron chi connectivity index (χ2n) is 6.19. The summed E-state index contributed by atoms with van der Waals surface area (Å²) in [4.78, 5) is 16.9. The number of benzene rings is 2. The minimum absolute atomic E-state index is 0.143. The highest BCUT2D eigenvalue weighted by Gasteiger charge is 2.12. The Bertz CT molecular complexity index is 993. The molecule has 1 heterocycles. The fourth-order valence-electron chi connectivity index (χ4n) is 3.18. The van der Waals surface area contributed by atoms with Gasteiger partial charge in [0.1, 0.15) is 5.82 Å². The van der Waals surface area contributed by atoms with Gasteiger partial charge in [0.15, 0.2) is 0 Å². The molecule has 1 amide bonds. The van der Waals surface area contributed by atoms with Crippen LogP contribution < -0.4 is 5.32 Å². The van der Waals surface area contributed by atoms with Crippen molar-refractivity contribution in [2.45, 2.75) is 12.8 Å². The Labute approximate surface area is 166 Å². The summed E-state index contributed by atoms with van der Waals surface area (Å²) >= 11 is 2.16. The number of rotatable bonds is 3. The molecule has 0 spiro atoms. The summed E-state index contributed by atoms with van der Waals surface area (Å²) in [5.41, 5.74) is 5.54. The number of aryl methyl sites for hydroxylation is 1. The molecule has 4 heteroatoms. The normalized spacial score (nSPS) is 12.5. The number of hydrogen-bond acceptors (Lipinski definition) is 2. The number of carbonyl (C=O) groups is 1. The first-order chi connectivity index (χ1) is 12.7. The maximum absolute atomic E-state index is 12.4. The molecule has 1 aliphatic rings. The maximum Gasteiger partial charge on any atom is 0.257 e. The van der Waals surface area contributed by atoms with E-state index in [0.717, 1.165) is 22.0 Å². The third-order valence-electron chi connectivity index (χ3n) is 4.50. The largest absolute Gasteiger partial charge is 0.307 e. The molecule has 1 aromatic heterocycles. The van der Waals surface area contributed by atoms with Crippen LogP contribution in [0, 0.1) is 3.57 Å². The van der Waals surface area contributed by atoms with Crippen molar-refractivity contribution >= 4 is 40.4 Å². The third-order valence-corrected chi connectivity index (χ3v) is 5.44. The molecule has 1 aliphatic carbocycles. The van der Waals surface area contributed by atoms with Crippen LogP contribution in [-0.4, -0.2) is 10.9 Å². The number of allylic oxidation sites excluding steroid dienone is 1. The first-order valence-electron chi connectivity index (χ1n) is 8.53. The SMILES string of the molecule is O=C(Nc1ccc(-c2cccc3c2C=CCC3)cn1)c1ccccc1I. The topological polar surface area (TPSA) is 42.0 Å². The zero-order chi connectivity index (χ0) is 17.9. The van der Waals surface area contributed by atoms with Crippen LogP contribution in [0.25, 0.3) is 17.2 Å². The van der Waals surface area contributed by atoms with Crippen molar-refractivity contribution in [2.75, 3.05) is 5.32 Å². The van der Waals surface area contributed by atoms with Crippen molar-refractivity contribution in [1.29, 1.82) is 0 Å². The Morgan fingerprint density at radius 2 is 1.92 bits per heavy atom. The predicted molar refractivity (Wildman–Crippen MR) is 114 cm³/mol. The van der Waals surface area contributed by atoms with E-state index in [9.17, 15) is 4.79 Å².